The standard InChI is InChI=1S/C41H79O13P/c1-3-5-7-9-11-13-14-15-16-17-18-19-20-21-22-24-26-28-30-35(43)53-33(31-51-34(42)29-27-25-23-12-10-8-6-4-2)32-52-55(49,50)54-41-39(47)37(45)36(44)38(46)40(41)48/h33,36-41,44-48H,3-32H2,1-2H3,(H,49,50)/t33-,36?,37+,38?,39?,40?,41?/m1/s1. The monoisotopic (exact) mass is 811 g/mol. The maximum atomic E-state index is 12.8. The average Bonchev–Trinajstić information content (AvgIpc) is 3.16. The van der Waals surface area contributed by atoms with Crippen molar-refractivity contribution in [3.05, 3.63) is 0 Å². The number of aliphatic hydroxyl groups is 5. The second-order valence-corrected chi connectivity index (χ2v) is 17.0. The topological polar surface area (TPSA) is 210 Å². The van der Waals surface area contributed by atoms with Crippen molar-refractivity contribution in [2.45, 2.75) is 236 Å². The number of carbonyl (C=O) groups is 2. The fourth-order valence-corrected chi connectivity index (χ4v) is 7.85. The lowest BCUT2D eigenvalue weighted by molar-refractivity contribution is -0.220. The molecular formula is C41H79O13P. The highest BCUT2D eigenvalue weighted by molar-refractivity contribution is 7.47. The Kier molecular flexibility index (Phi) is 30.9. The molecule has 13 nitrogen and oxygen atoms in total. The minimum Gasteiger partial charge on any atom is -0.462 e. The van der Waals surface area contributed by atoms with Crippen molar-refractivity contribution in [3.8, 4) is 0 Å². The lowest BCUT2D eigenvalue weighted by atomic mass is 9.85. The Labute approximate surface area is 331 Å². The molecule has 0 aliphatic heterocycles. The molecule has 0 bridgehead atoms. The van der Waals surface area contributed by atoms with Crippen LogP contribution in [-0.2, 0) is 32.7 Å². The van der Waals surface area contributed by atoms with Gasteiger partial charge in [-0.25, -0.2) is 4.57 Å². The molecule has 0 heterocycles. The molecule has 0 radical (unpaired) electrons. The van der Waals surface area contributed by atoms with Crippen LogP contribution in [0.15, 0.2) is 0 Å². The second-order valence-electron chi connectivity index (χ2n) is 15.6. The predicted octanol–water partition coefficient (Wildman–Crippen LogP) is 7.72. The minimum atomic E-state index is -5.10. The zero-order valence-electron chi connectivity index (χ0n) is 34.2. The van der Waals surface area contributed by atoms with Gasteiger partial charge >= 0.3 is 19.8 Å². The number of phosphoric ester groups is 1. The summed E-state index contributed by atoms with van der Waals surface area (Å²) in [5, 5.41) is 50.0. The van der Waals surface area contributed by atoms with E-state index in [0.29, 0.717) is 12.8 Å². The molecule has 0 aromatic carbocycles. The summed E-state index contributed by atoms with van der Waals surface area (Å²) in [4.78, 5) is 35.5. The third kappa shape index (κ3) is 25.7. The van der Waals surface area contributed by atoms with Crippen LogP contribution in [0.5, 0.6) is 0 Å². The van der Waals surface area contributed by atoms with Crippen molar-refractivity contribution >= 4 is 19.8 Å². The van der Waals surface area contributed by atoms with Crippen LogP contribution in [0.1, 0.15) is 194 Å². The van der Waals surface area contributed by atoms with Crippen molar-refractivity contribution in [2.24, 2.45) is 0 Å². The maximum Gasteiger partial charge on any atom is 0.472 e. The van der Waals surface area contributed by atoms with Gasteiger partial charge in [0.1, 0.15) is 43.2 Å². The van der Waals surface area contributed by atoms with Gasteiger partial charge in [-0.2, -0.15) is 0 Å². The molecule has 0 aromatic rings. The molecular weight excluding hydrogens is 731 g/mol. The lowest BCUT2D eigenvalue weighted by Crippen LogP contribution is -2.64. The van der Waals surface area contributed by atoms with Gasteiger partial charge in [-0.15, -0.1) is 0 Å². The fourth-order valence-electron chi connectivity index (χ4n) is 6.88. The molecule has 1 saturated carbocycles. The van der Waals surface area contributed by atoms with Crippen molar-refractivity contribution < 1.29 is 63.1 Å². The third-order valence-corrected chi connectivity index (χ3v) is 11.4. The summed E-state index contributed by atoms with van der Waals surface area (Å²) in [6.07, 6.45) is 17.6. The number of carbonyl (C=O) groups excluding carboxylic acids is 2. The van der Waals surface area contributed by atoms with Crippen molar-refractivity contribution in [1.29, 1.82) is 0 Å². The van der Waals surface area contributed by atoms with Crippen molar-refractivity contribution in [3.63, 3.8) is 0 Å². The SMILES string of the molecule is CCCCCCCCCCCCCCCCCCCCC(=O)O[C@H](COC(=O)CCCCCCCCCC)COP(=O)(O)OC1C(O)C(O)C(O)[C@H](O)C1O. The molecule has 1 aliphatic carbocycles. The molecule has 1 fully saturated rings. The van der Waals surface area contributed by atoms with Gasteiger partial charge in [-0.1, -0.05) is 168 Å². The smallest absolute Gasteiger partial charge is 0.462 e. The first-order chi connectivity index (χ1) is 26.4. The molecule has 326 valence electrons. The summed E-state index contributed by atoms with van der Waals surface area (Å²) in [5.74, 6) is -1.09. The van der Waals surface area contributed by atoms with Gasteiger partial charge in [0.15, 0.2) is 6.10 Å². The number of hydrogen-bond donors (Lipinski definition) is 6. The van der Waals surface area contributed by atoms with E-state index in [1.54, 1.807) is 0 Å². The Morgan fingerprint density at radius 1 is 0.491 bits per heavy atom. The van der Waals surface area contributed by atoms with Gasteiger partial charge in [0.2, 0.25) is 0 Å². The van der Waals surface area contributed by atoms with Crippen LogP contribution >= 0.6 is 7.82 Å². The molecule has 8 atom stereocenters. The molecule has 6 unspecified atom stereocenters. The molecule has 1 rings (SSSR count). The number of phosphoric acid groups is 1. The summed E-state index contributed by atoms with van der Waals surface area (Å²) in [6, 6.07) is 0. The van der Waals surface area contributed by atoms with Crippen LogP contribution < -0.4 is 0 Å². The van der Waals surface area contributed by atoms with Crippen LogP contribution in [0.4, 0.5) is 0 Å². The first-order valence-corrected chi connectivity index (χ1v) is 23.3. The molecule has 0 spiro atoms. The number of ether oxygens (including phenoxy) is 2. The van der Waals surface area contributed by atoms with E-state index in [9.17, 15) is 44.6 Å². The molecule has 0 amide bonds. The first-order valence-electron chi connectivity index (χ1n) is 21.8. The summed E-state index contributed by atoms with van der Waals surface area (Å²) < 4.78 is 33.4. The van der Waals surface area contributed by atoms with Gasteiger partial charge in [0.05, 0.1) is 6.61 Å². The highest BCUT2D eigenvalue weighted by Crippen LogP contribution is 2.47. The van der Waals surface area contributed by atoms with Crippen LogP contribution in [0.2, 0.25) is 0 Å². The second kappa shape index (κ2) is 32.8. The molecule has 0 saturated heterocycles. The lowest BCUT2D eigenvalue weighted by Gasteiger charge is -2.41. The van der Waals surface area contributed by atoms with Gasteiger partial charge in [0, 0.05) is 12.8 Å². The highest BCUT2D eigenvalue weighted by Gasteiger charge is 2.51. The van der Waals surface area contributed by atoms with Gasteiger partial charge in [-0.05, 0) is 12.8 Å². The third-order valence-electron chi connectivity index (χ3n) is 10.4. The predicted molar refractivity (Wildman–Crippen MR) is 212 cm³/mol. The molecule has 55 heavy (non-hydrogen) atoms. The Hall–Kier alpha value is -1.15. The number of aliphatic hydroxyl groups excluding tert-OH is 5. The largest absolute Gasteiger partial charge is 0.472 e. The number of unbranched alkanes of at least 4 members (excludes halogenated alkanes) is 24. The van der Waals surface area contributed by atoms with E-state index in [0.717, 1.165) is 38.5 Å². The van der Waals surface area contributed by atoms with E-state index >= 15 is 0 Å². The molecule has 6 N–H and O–H groups in total. The Morgan fingerprint density at radius 2 is 0.818 bits per heavy atom. The van der Waals surface area contributed by atoms with Crippen LogP contribution in [0.25, 0.3) is 0 Å². The number of esters is 2. The van der Waals surface area contributed by atoms with Crippen LogP contribution in [0.3, 0.4) is 0 Å². The Balaban J connectivity index is 2.42. The van der Waals surface area contributed by atoms with E-state index in [-0.39, 0.29) is 12.8 Å². The summed E-state index contributed by atoms with van der Waals surface area (Å²) in [6.45, 7) is 3.26. The molecule has 0 aromatic heterocycles. The molecule has 14 heteroatoms. The zero-order chi connectivity index (χ0) is 40.7. The zero-order valence-corrected chi connectivity index (χ0v) is 35.1. The van der Waals surface area contributed by atoms with Gasteiger partial charge < -0.3 is 39.9 Å². The van der Waals surface area contributed by atoms with E-state index in [2.05, 4.69) is 13.8 Å². The summed E-state index contributed by atoms with van der Waals surface area (Å²) >= 11 is 0. The quantitative estimate of drug-likeness (QED) is 0.0204. The normalized spacial score (nSPS) is 23.0. The van der Waals surface area contributed by atoms with Crippen LogP contribution in [-0.4, -0.2) is 98.3 Å². The summed E-state index contributed by atoms with van der Waals surface area (Å²) in [7, 11) is -5.10. The number of hydrogen-bond acceptors (Lipinski definition) is 12. The van der Waals surface area contributed by atoms with E-state index < -0.39 is 75.7 Å². The van der Waals surface area contributed by atoms with Gasteiger partial charge in [-0.3, -0.25) is 18.6 Å². The fraction of sp³-hybridized carbons (Fsp3) is 0.951. The first kappa shape index (κ1) is 51.9. The molecule has 1 aliphatic rings. The van der Waals surface area contributed by atoms with Gasteiger partial charge in [0.25, 0.3) is 0 Å². The van der Waals surface area contributed by atoms with E-state index in [4.69, 9.17) is 18.5 Å². The van der Waals surface area contributed by atoms with E-state index in [1.165, 1.54) is 116 Å². The van der Waals surface area contributed by atoms with E-state index in [1.807, 2.05) is 0 Å². The number of rotatable bonds is 36. The summed E-state index contributed by atoms with van der Waals surface area (Å²) in [5.41, 5.74) is 0. The van der Waals surface area contributed by atoms with Crippen molar-refractivity contribution in [2.75, 3.05) is 13.2 Å². The Bertz CT molecular complexity index is 985. The van der Waals surface area contributed by atoms with Crippen LogP contribution in [0, 0.1) is 0 Å². The van der Waals surface area contributed by atoms with Crippen molar-refractivity contribution in [1.82, 2.24) is 0 Å². The highest BCUT2D eigenvalue weighted by atomic mass is 31.2. The average molecular weight is 811 g/mol. The Morgan fingerprint density at radius 3 is 1.20 bits per heavy atom. The maximum absolute atomic E-state index is 12.8. The minimum absolute atomic E-state index is 0.104.